The Morgan fingerprint density at radius 1 is 1.07 bits per heavy atom. The highest BCUT2D eigenvalue weighted by Gasteiger charge is 2.31. The third-order valence-corrected chi connectivity index (χ3v) is 7.64. The number of likely N-dealkylation sites (N-methyl/N-ethyl adjacent to an activating group) is 1. The number of hydrogen-bond acceptors (Lipinski definition) is 4. The fourth-order valence-electron chi connectivity index (χ4n) is 4.81. The smallest absolute Gasteiger partial charge is 0.127 e. The van der Waals surface area contributed by atoms with Crippen LogP contribution >= 0.6 is 0 Å². The highest BCUT2D eigenvalue weighted by atomic mass is 16.5. The molecule has 2 aliphatic rings. The van der Waals surface area contributed by atoms with Crippen LogP contribution < -0.4 is 5.32 Å². The van der Waals surface area contributed by atoms with Gasteiger partial charge in [0.05, 0.1) is 18.3 Å². The van der Waals surface area contributed by atoms with Gasteiger partial charge < -0.3 is 14.8 Å². The summed E-state index contributed by atoms with van der Waals surface area (Å²) in [4.78, 5) is 4.04. The highest BCUT2D eigenvalue weighted by Crippen LogP contribution is 2.28. The zero-order valence-electron chi connectivity index (χ0n) is 31.9. The first-order valence-corrected chi connectivity index (χ1v) is 17.8. The molecule has 7 unspecified atom stereocenters. The molecule has 262 valence electrons. The van der Waals surface area contributed by atoms with Crippen LogP contribution in [0.3, 0.4) is 0 Å². The van der Waals surface area contributed by atoms with Crippen molar-refractivity contribution in [2.24, 2.45) is 22.7 Å². The Labute approximate surface area is 281 Å². The largest absolute Gasteiger partial charge is 0.374 e. The first-order chi connectivity index (χ1) is 21.5. The van der Waals surface area contributed by atoms with Gasteiger partial charge in [0.15, 0.2) is 0 Å². The third kappa shape index (κ3) is 24.8. The second-order valence-corrected chi connectivity index (χ2v) is 11.7. The minimum absolute atomic E-state index is 0.0675. The zero-order valence-corrected chi connectivity index (χ0v) is 31.9. The molecule has 2 rings (SSSR count). The second-order valence-electron chi connectivity index (χ2n) is 11.7. The summed E-state index contributed by atoms with van der Waals surface area (Å²) in [5.74, 6) is 1.89. The molecule has 5 heteroatoms. The number of ether oxygens (including phenoxy) is 2. The van der Waals surface area contributed by atoms with Crippen LogP contribution in [-0.2, 0) is 9.47 Å². The first-order valence-electron chi connectivity index (χ1n) is 17.8. The maximum Gasteiger partial charge on any atom is 0.127 e. The highest BCUT2D eigenvalue weighted by molar-refractivity contribution is 5.96. The Morgan fingerprint density at radius 2 is 1.71 bits per heavy atom. The van der Waals surface area contributed by atoms with Gasteiger partial charge in [0.1, 0.15) is 5.84 Å². The summed E-state index contributed by atoms with van der Waals surface area (Å²) in [5, 5.41) is 10.9. The van der Waals surface area contributed by atoms with Crippen LogP contribution in [0, 0.1) is 23.2 Å². The van der Waals surface area contributed by atoms with Gasteiger partial charge in [-0.3, -0.25) is 5.41 Å². The fraction of sp³-hybridized carbons (Fsp3) is 0.700. The maximum atomic E-state index is 7.53. The molecule has 0 saturated carbocycles. The van der Waals surface area contributed by atoms with Gasteiger partial charge in [-0.15, -0.1) is 6.58 Å². The number of rotatable bonds is 11. The molecule has 45 heavy (non-hydrogen) atoms. The molecule has 0 aromatic heterocycles. The van der Waals surface area contributed by atoms with Crippen LogP contribution in [0.1, 0.15) is 128 Å². The molecule has 2 saturated heterocycles. The van der Waals surface area contributed by atoms with Crippen molar-refractivity contribution in [2.45, 2.75) is 152 Å². The minimum Gasteiger partial charge on any atom is -0.374 e. The number of nitrogens with one attached hydrogen (secondary N) is 2. The van der Waals surface area contributed by atoms with Gasteiger partial charge in [0, 0.05) is 24.3 Å². The van der Waals surface area contributed by atoms with E-state index in [9.17, 15) is 0 Å². The van der Waals surface area contributed by atoms with E-state index in [4.69, 9.17) is 14.9 Å². The van der Waals surface area contributed by atoms with Crippen LogP contribution in [-0.4, -0.2) is 49.6 Å². The van der Waals surface area contributed by atoms with E-state index in [0.29, 0.717) is 36.1 Å². The van der Waals surface area contributed by atoms with Gasteiger partial charge in [-0.1, -0.05) is 123 Å². The third-order valence-electron chi connectivity index (χ3n) is 7.64. The lowest BCUT2D eigenvalue weighted by Gasteiger charge is -2.38. The van der Waals surface area contributed by atoms with E-state index in [1.54, 1.807) is 6.08 Å². The molecule has 0 aliphatic carbocycles. The molecule has 0 aromatic carbocycles. The number of aliphatic imine (C=N–C) groups is 1. The molecule has 0 aromatic rings. The number of allylic oxidation sites excluding steroid dienone is 5. The molecule has 2 heterocycles. The fourth-order valence-corrected chi connectivity index (χ4v) is 4.81. The summed E-state index contributed by atoms with van der Waals surface area (Å²) >= 11 is 0. The van der Waals surface area contributed by atoms with Crippen LogP contribution in [0.2, 0.25) is 0 Å². The van der Waals surface area contributed by atoms with E-state index in [-0.39, 0.29) is 5.92 Å². The van der Waals surface area contributed by atoms with Crippen molar-refractivity contribution in [3.8, 4) is 0 Å². The molecular formula is C40H75N3O2. The summed E-state index contributed by atoms with van der Waals surface area (Å²) in [6.45, 7) is 32.8. The van der Waals surface area contributed by atoms with Crippen LogP contribution in [0.25, 0.3) is 0 Å². The van der Waals surface area contributed by atoms with Crippen molar-refractivity contribution in [1.82, 2.24) is 5.32 Å². The van der Waals surface area contributed by atoms with Crippen LogP contribution in [0.15, 0.2) is 66.3 Å². The predicted octanol–water partition coefficient (Wildman–Crippen LogP) is 11.3. The average Bonchev–Trinajstić information content (AvgIpc) is 3.05. The predicted molar refractivity (Wildman–Crippen MR) is 204 cm³/mol. The monoisotopic (exact) mass is 630 g/mol. The summed E-state index contributed by atoms with van der Waals surface area (Å²) in [6.07, 6.45) is 23.3. The molecule has 2 N–H and O–H groups in total. The van der Waals surface area contributed by atoms with Crippen molar-refractivity contribution >= 4 is 11.5 Å². The molecular weight excluding hydrogens is 554 g/mol. The van der Waals surface area contributed by atoms with Crippen LogP contribution in [0.5, 0.6) is 0 Å². The standard InChI is InChI=1S/C21H37NO2.C10H16N2.C5H10.2C2H6/c1-6-18-11-12-23-19(14-18)9-7-15(2)8-10-21-16(3)13-20(22-5)17(4)24-21;1-5-6-7-9(4)10(11)12-8(2)3;1-3-5-4-2;2*1-2/h7-9,16-22H,6,10-14H2,1-5H3;5-7,9,11H,1H2,2-4H3;3H,1,4-5H2,2H3;2*1-2H3/b9-7+,15-8+;7-6-,11-10?;;;. The number of amidine groups is 1. The van der Waals surface area contributed by atoms with Gasteiger partial charge in [-0.05, 0) is 78.7 Å². The number of unbranched alkanes of at least 4 members (excludes halogenated alkanes) is 1. The van der Waals surface area contributed by atoms with Gasteiger partial charge in [-0.2, -0.15) is 0 Å². The van der Waals surface area contributed by atoms with Gasteiger partial charge in [0.2, 0.25) is 0 Å². The van der Waals surface area contributed by atoms with E-state index in [1.807, 2.05) is 73.7 Å². The Hall–Kier alpha value is -2.08. The van der Waals surface area contributed by atoms with E-state index in [0.717, 1.165) is 31.1 Å². The first kappa shape index (κ1) is 47.3. The van der Waals surface area contributed by atoms with E-state index in [1.165, 1.54) is 37.7 Å². The molecule has 0 bridgehead atoms. The van der Waals surface area contributed by atoms with E-state index in [2.05, 4.69) is 76.3 Å². The molecule has 5 nitrogen and oxygen atoms in total. The lowest BCUT2D eigenvalue weighted by Crippen LogP contribution is -2.47. The average molecular weight is 630 g/mol. The normalized spacial score (nSPS) is 25.0. The molecule has 2 fully saturated rings. The molecule has 0 spiro atoms. The Bertz CT molecular complexity index is 854. The molecule has 0 radical (unpaired) electrons. The minimum atomic E-state index is 0.0675. The topological polar surface area (TPSA) is 66.7 Å². The SMILES string of the molecule is C=C/C=C\C(C)C(=N)N=C(C)C.C=CCCC.CC.CC.CCC1CCOC(/C=C/C(C)=C/CC2OC(C)C(NC)CC2C)C1. The maximum absolute atomic E-state index is 7.53. The van der Waals surface area contributed by atoms with Crippen molar-refractivity contribution in [1.29, 1.82) is 5.41 Å². The van der Waals surface area contributed by atoms with E-state index >= 15 is 0 Å². The zero-order chi connectivity index (χ0) is 35.2. The molecule has 0 amide bonds. The van der Waals surface area contributed by atoms with Crippen molar-refractivity contribution in [3.63, 3.8) is 0 Å². The van der Waals surface area contributed by atoms with E-state index < -0.39 is 0 Å². The number of hydrogen-bond donors (Lipinski definition) is 2. The Balaban J connectivity index is -0.000000702. The summed E-state index contributed by atoms with van der Waals surface area (Å²) in [5.41, 5.74) is 2.23. The van der Waals surface area contributed by atoms with Crippen molar-refractivity contribution in [2.75, 3.05) is 13.7 Å². The van der Waals surface area contributed by atoms with Gasteiger partial charge >= 0.3 is 0 Å². The Morgan fingerprint density at radius 3 is 2.20 bits per heavy atom. The summed E-state index contributed by atoms with van der Waals surface area (Å²) in [7, 11) is 2.03. The van der Waals surface area contributed by atoms with Crippen LogP contribution in [0.4, 0.5) is 0 Å². The van der Waals surface area contributed by atoms with Gasteiger partial charge in [-0.25, -0.2) is 4.99 Å². The quantitative estimate of drug-likeness (QED) is 0.103. The van der Waals surface area contributed by atoms with Crippen molar-refractivity contribution < 1.29 is 9.47 Å². The lowest BCUT2D eigenvalue weighted by molar-refractivity contribution is -0.0845. The molecule has 2 aliphatic heterocycles. The Kier molecular flexibility index (Phi) is 33.5. The summed E-state index contributed by atoms with van der Waals surface area (Å²) in [6, 6.07) is 0.483. The molecule has 7 atom stereocenters. The summed E-state index contributed by atoms with van der Waals surface area (Å²) < 4.78 is 12.1. The van der Waals surface area contributed by atoms with Gasteiger partial charge in [0.25, 0.3) is 0 Å². The second kappa shape index (κ2) is 31.9. The number of nitrogens with zero attached hydrogens (tertiary/aromatic N) is 1. The van der Waals surface area contributed by atoms with Crippen molar-refractivity contribution in [3.05, 3.63) is 61.3 Å². The lowest BCUT2D eigenvalue weighted by atomic mass is 9.88.